The molecule has 3 aliphatic rings. The van der Waals surface area contributed by atoms with E-state index < -0.39 is 82.6 Å². The van der Waals surface area contributed by atoms with Crippen LogP contribution in [0, 0.1) is 0 Å². The molecule has 2 aliphatic carbocycles. The molecule has 2 aromatic carbocycles. The van der Waals surface area contributed by atoms with E-state index in [0.717, 1.165) is 0 Å². The Kier molecular flexibility index (Phi) is 7.46. The molecule has 220 valence electrons. The Morgan fingerprint density at radius 2 is 1.80 bits per heavy atom. The molecule has 1 aliphatic heterocycles. The number of rotatable bonds is 6. The molecule has 0 radical (unpaired) electrons. The van der Waals surface area contributed by atoms with Crippen LogP contribution < -0.4 is 10.1 Å². The van der Waals surface area contributed by atoms with Gasteiger partial charge in [0, 0.05) is 48.0 Å². The monoisotopic (exact) mass is 569 g/mol. The van der Waals surface area contributed by atoms with Crippen LogP contribution in [0.25, 0.3) is 0 Å². The summed E-state index contributed by atoms with van der Waals surface area (Å²) < 4.78 is 17.5. The molecule has 5 rings (SSSR count). The highest BCUT2D eigenvalue weighted by molar-refractivity contribution is 6.31. The highest BCUT2D eigenvalue weighted by Gasteiger charge is 2.49. The van der Waals surface area contributed by atoms with E-state index in [1.807, 2.05) is 13.8 Å². The second-order valence-electron chi connectivity index (χ2n) is 11.4. The number of aliphatic hydroxyl groups is 2. The van der Waals surface area contributed by atoms with E-state index in [9.17, 15) is 34.8 Å². The number of ketones is 3. The first-order valence-electron chi connectivity index (χ1n) is 13.6. The van der Waals surface area contributed by atoms with Crippen LogP contribution >= 0.6 is 0 Å². The minimum Gasteiger partial charge on any atom is -0.507 e. The van der Waals surface area contributed by atoms with Gasteiger partial charge in [0.05, 0.1) is 42.1 Å². The summed E-state index contributed by atoms with van der Waals surface area (Å²) in [5.41, 5.74) is -2.94. The van der Waals surface area contributed by atoms with E-state index in [0.29, 0.717) is 0 Å². The third-order valence-electron chi connectivity index (χ3n) is 8.30. The summed E-state index contributed by atoms with van der Waals surface area (Å²) in [6, 6.07) is 4.13. The number of carbonyl (C=O) groups is 3. The van der Waals surface area contributed by atoms with Gasteiger partial charge in [-0.15, -0.1) is 0 Å². The average molecular weight is 570 g/mol. The molecule has 11 nitrogen and oxygen atoms in total. The lowest BCUT2D eigenvalue weighted by Gasteiger charge is -2.43. The van der Waals surface area contributed by atoms with Crippen molar-refractivity contribution in [3.63, 3.8) is 0 Å². The van der Waals surface area contributed by atoms with Gasteiger partial charge in [-0.25, -0.2) is 0 Å². The lowest BCUT2D eigenvalue weighted by atomic mass is 9.72. The predicted octanol–water partition coefficient (Wildman–Crippen LogP) is 2.07. The van der Waals surface area contributed by atoms with Crippen LogP contribution in [-0.4, -0.2) is 81.1 Å². The van der Waals surface area contributed by atoms with Crippen molar-refractivity contribution in [1.82, 2.24) is 5.32 Å². The molecule has 41 heavy (non-hydrogen) atoms. The fourth-order valence-corrected chi connectivity index (χ4v) is 6.22. The van der Waals surface area contributed by atoms with Gasteiger partial charge in [0.15, 0.2) is 17.9 Å². The summed E-state index contributed by atoms with van der Waals surface area (Å²) in [6.07, 6.45) is -4.11. The van der Waals surface area contributed by atoms with Gasteiger partial charge in [0.2, 0.25) is 5.78 Å². The van der Waals surface area contributed by atoms with Gasteiger partial charge >= 0.3 is 0 Å². The maximum atomic E-state index is 13.7. The molecule has 0 aromatic heterocycles. The summed E-state index contributed by atoms with van der Waals surface area (Å²) >= 11 is 0. The molecule has 11 heteroatoms. The fourth-order valence-electron chi connectivity index (χ4n) is 6.22. The van der Waals surface area contributed by atoms with Crippen molar-refractivity contribution < 1.29 is 49.0 Å². The van der Waals surface area contributed by atoms with E-state index in [2.05, 4.69) is 5.32 Å². The quantitative estimate of drug-likeness (QED) is 0.275. The van der Waals surface area contributed by atoms with Crippen LogP contribution in [-0.2, 0) is 20.7 Å². The minimum atomic E-state index is -1.99. The van der Waals surface area contributed by atoms with Crippen molar-refractivity contribution in [3.05, 3.63) is 51.6 Å². The van der Waals surface area contributed by atoms with E-state index >= 15 is 0 Å². The van der Waals surface area contributed by atoms with Crippen LogP contribution in [0.4, 0.5) is 0 Å². The fraction of sp³-hybridized carbons (Fsp3) is 0.500. The summed E-state index contributed by atoms with van der Waals surface area (Å²) in [4.78, 5) is 39.9. The zero-order valence-corrected chi connectivity index (χ0v) is 23.6. The number of Topliss-reactive ketones (excluding diaryl/α,β-unsaturated/α-hetero) is 1. The zero-order valence-electron chi connectivity index (χ0n) is 23.6. The van der Waals surface area contributed by atoms with Gasteiger partial charge < -0.3 is 40.0 Å². The van der Waals surface area contributed by atoms with E-state index in [-0.39, 0.29) is 46.9 Å². The first-order chi connectivity index (χ1) is 19.3. The number of aromatic hydroxyl groups is 2. The van der Waals surface area contributed by atoms with Crippen molar-refractivity contribution in [3.8, 4) is 17.2 Å². The molecule has 0 spiro atoms. The molecule has 0 bridgehead atoms. The number of fused-ring (bicyclic) bond motifs is 3. The van der Waals surface area contributed by atoms with Gasteiger partial charge in [-0.3, -0.25) is 14.4 Å². The summed E-state index contributed by atoms with van der Waals surface area (Å²) in [6.45, 7) is 6.75. The normalized spacial score (nSPS) is 29.1. The van der Waals surface area contributed by atoms with Crippen LogP contribution in [0.2, 0.25) is 0 Å². The summed E-state index contributed by atoms with van der Waals surface area (Å²) in [5, 5.41) is 48.3. The van der Waals surface area contributed by atoms with Crippen LogP contribution in [0.5, 0.6) is 17.2 Å². The smallest absolute Gasteiger partial charge is 0.202 e. The number of hydrogen-bond acceptors (Lipinski definition) is 11. The van der Waals surface area contributed by atoms with Gasteiger partial charge in [-0.05, 0) is 19.9 Å². The molecule has 1 saturated heterocycles. The number of benzene rings is 2. The lowest BCUT2D eigenvalue weighted by Crippen LogP contribution is -2.55. The topological polar surface area (TPSA) is 172 Å². The lowest BCUT2D eigenvalue weighted by molar-refractivity contribution is -0.250. The third kappa shape index (κ3) is 4.71. The standard InChI is InChI=1S/C30H35NO10/c1-12(2)31-17-9-20(40-13(3)25(17)33)41-19-11-30(38,14(4)32)10-16-22(19)29(37)24-23(27(16)35)26(34)15-7-6-8-18(39-5)21(15)28(24)36/h6-8,12-13,17,19-20,25,31,33,35,37-38H,9-11H2,1-5H3. The molecule has 6 unspecified atom stereocenters. The van der Waals surface area contributed by atoms with Gasteiger partial charge in [0.1, 0.15) is 22.8 Å². The molecule has 0 amide bonds. The first-order valence-corrected chi connectivity index (χ1v) is 13.6. The number of phenols is 2. The highest BCUT2D eigenvalue weighted by Crippen LogP contribution is 2.52. The first kappa shape index (κ1) is 29.2. The third-order valence-corrected chi connectivity index (χ3v) is 8.30. The largest absolute Gasteiger partial charge is 0.507 e. The Labute approximate surface area is 237 Å². The molecule has 1 fully saturated rings. The van der Waals surface area contributed by atoms with Crippen molar-refractivity contribution in [2.24, 2.45) is 0 Å². The Hall–Kier alpha value is -3.35. The summed E-state index contributed by atoms with van der Waals surface area (Å²) in [7, 11) is 1.35. The molecular weight excluding hydrogens is 534 g/mol. The van der Waals surface area contributed by atoms with Crippen molar-refractivity contribution in [2.45, 2.75) is 89.2 Å². The second kappa shape index (κ2) is 10.5. The van der Waals surface area contributed by atoms with Crippen molar-refractivity contribution in [2.75, 3.05) is 7.11 Å². The molecule has 1 heterocycles. The Morgan fingerprint density at radius 1 is 1.12 bits per heavy atom. The maximum absolute atomic E-state index is 13.7. The van der Waals surface area contributed by atoms with Crippen molar-refractivity contribution >= 4 is 17.3 Å². The molecule has 0 saturated carbocycles. The second-order valence-corrected chi connectivity index (χ2v) is 11.4. The molecule has 2 aromatic rings. The van der Waals surface area contributed by atoms with Crippen LogP contribution in [0.3, 0.4) is 0 Å². The molecule has 6 atom stereocenters. The number of hydrogen-bond donors (Lipinski definition) is 5. The van der Waals surface area contributed by atoms with E-state index in [1.165, 1.54) is 32.2 Å². The average Bonchev–Trinajstić information content (AvgIpc) is 2.91. The predicted molar refractivity (Wildman–Crippen MR) is 144 cm³/mol. The van der Waals surface area contributed by atoms with E-state index in [4.69, 9.17) is 14.2 Å². The van der Waals surface area contributed by atoms with Gasteiger partial charge in [-0.1, -0.05) is 26.0 Å². The van der Waals surface area contributed by atoms with Crippen LogP contribution in [0.1, 0.15) is 89.6 Å². The number of carbonyl (C=O) groups excluding carboxylic acids is 3. The minimum absolute atomic E-state index is 0.00576. The Morgan fingerprint density at radius 3 is 2.44 bits per heavy atom. The zero-order chi connectivity index (χ0) is 30.0. The van der Waals surface area contributed by atoms with Crippen LogP contribution in [0.15, 0.2) is 18.2 Å². The van der Waals surface area contributed by atoms with Gasteiger partial charge in [-0.2, -0.15) is 0 Å². The van der Waals surface area contributed by atoms with Gasteiger partial charge in [0.25, 0.3) is 0 Å². The molecule has 5 N–H and O–H groups in total. The SMILES string of the molecule is COc1cccc2c1C(=O)c1c(O)c3c(c(O)c1C2=O)CC(O)(C(C)=O)CC3OC1CC(NC(C)C)C(O)C(C)O1. The number of phenolic OH excluding ortho intramolecular Hbond substituents is 2. The summed E-state index contributed by atoms with van der Waals surface area (Å²) in [5.74, 6) is -3.09. The number of methoxy groups -OCH3 is 1. The van der Waals surface area contributed by atoms with E-state index in [1.54, 1.807) is 6.92 Å². The number of ether oxygens (including phenoxy) is 3. The Balaban J connectivity index is 1.64. The maximum Gasteiger partial charge on any atom is 0.202 e. The number of aliphatic hydroxyl groups excluding tert-OH is 1. The van der Waals surface area contributed by atoms with Crippen molar-refractivity contribution in [1.29, 1.82) is 0 Å². The Bertz CT molecular complexity index is 1440. The highest BCUT2D eigenvalue weighted by atomic mass is 16.7. The number of nitrogens with one attached hydrogen (secondary N) is 1. The molecular formula is C30H35NO10.